The van der Waals surface area contributed by atoms with E-state index in [2.05, 4.69) is 44.8 Å². The number of fused-ring (bicyclic) bond motifs is 1. The van der Waals surface area contributed by atoms with Crippen LogP contribution in [0.4, 0.5) is 0 Å². The zero-order chi connectivity index (χ0) is 45.3. The molecule has 1 aliphatic heterocycles. The number of nitrogens with zero attached hydrogens (tertiary/aromatic N) is 1. The van der Waals surface area contributed by atoms with E-state index < -0.39 is 17.7 Å². The number of esters is 1. The molecule has 13 heteroatoms. The van der Waals surface area contributed by atoms with Crippen LogP contribution in [0.1, 0.15) is 62.0 Å². The van der Waals surface area contributed by atoms with E-state index in [9.17, 15) is 29.7 Å². The van der Waals surface area contributed by atoms with Crippen molar-refractivity contribution >= 4 is 34.1 Å². The average molecular weight is 893 g/mol. The number of likely N-dealkylation sites (tertiary alicyclic amines) is 1. The molecule has 6 N–H and O–H groups in total. The number of rotatable bonds is 17. The van der Waals surface area contributed by atoms with E-state index in [1.165, 1.54) is 36.1 Å². The number of aromatic amines is 1. The zero-order valence-electron chi connectivity index (χ0n) is 36.0. The highest BCUT2D eigenvalue weighted by Gasteiger charge is 2.42. The van der Waals surface area contributed by atoms with Crippen LogP contribution in [-0.4, -0.2) is 70.4 Å². The Morgan fingerprint density at radius 2 is 1.58 bits per heavy atom. The number of thiophene rings is 1. The van der Waals surface area contributed by atoms with Crippen LogP contribution in [0.25, 0.3) is 21.3 Å². The second-order valence-electron chi connectivity index (χ2n) is 16.4. The van der Waals surface area contributed by atoms with Gasteiger partial charge in [0, 0.05) is 52.0 Å². The lowest BCUT2D eigenvalue weighted by Crippen LogP contribution is -2.40. The van der Waals surface area contributed by atoms with E-state index in [0.29, 0.717) is 46.5 Å². The predicted octanol–water partition coefficient (Wildman–Crippen LogP) is 7.42. The number of carbonyl (C=O) groups excluding carboxylic acids is 2. The second kappa shape index (κ2) is 20.5. The standard InChI is InChI=1S/C52H52N4O8S/c1-63-46-28-37(12-13-38(46)29-53-31-45(58)42-19-21-44(57)49-43(42)20-23-48(59)55-49)50(60)54-30-41-18-22-47(65-41)36-14-16-40(17-15-36)52(62,39-10-6-3-7-11-39)51(61)64-33-35-24-26-56(27-25-35)32-34-8-4-2-5-9-34/h2-23,28,35,45,53,57-58,62H,24-27,29-33H2,1H3,(H,54,60)(H,55,59)/t45-,52?/m0/s1. The molecule has 65 heavy (non-hydrogen) atoms. The van der Waals surface area contributed by atoms with Gasteiger partial charge in [-0.2, -0.15) is 0 Å². The number of nitrogens with one attached hydrogen (secondary N) is 3. The first-order chi connectivity index (χ1) is 31.6. The average Bonchev–Trinajstić information content (AvgIpc) is 3.83. The summed E-state index contributed by atoms with van der Waals surface area (Å²) in [6.45, 7) is 3.82. The van der Waals surface area contributed by atoms with Crippen LogP contribution in [0.2, 0.25) is 0 Å². The highest BCUT2D eigenvalue weighted by molar-refractivity contribution is 7.15. The van der Waals surface area contributed by atoms with Crippen molar-refractivity contribution in [3.63, 3.8) is 0 Å². The van der Waals surface area contributed by atoms with Crippen molar-refractivity contribution in [1.82, 2.24) is 20.5 Å². The van der Waals surface area contributed by atoms with Gasteiger partial charge in [0.1, 0.15) is 11.5 Å². The van der Waals surface area contributed by atoms with Gasteiger partial charge in [-0.1, -0.05) is 97.1 Å². The van der Waals surface area contributed by atoms with Gasteiger partial charge >= 0.3 is 5.97 Å². The van der Waals surface area contributed by atoms with Crippen molar-refractivity contribution in [1.29, 1.82) is 0 Å². The summed E-state index contributed by atoms with van der Waals surface area (Å²) in [6, 6.07) is 41.8. The number of ether oxygens (including phenoxy) is 2. The lowest BCUT2D eigenvalue weighted by molar-refractivity contribution is -0.164. The van der Waals surface area contributed by atoms with Gasteiger partial charge in [-0.15, -0.1) is 11.3 Å². The number of piperidine rings is 1. The number of aliphatic hydroxyl groups excluding tert-OH is 1. The number of aromatic hydroxyl groups is 1. The first kappa shape index (κ1) is 45.0. The number of methoxy groups -OCH3 is 1. The number of pyridine rings is 1. The molecule has 1 saturated heterocycles. The second-order valence-corrected chi connectivity index (χ2v) is 17.5. The fourth-order valence-electron chi connectivity index (χ4n) is 8.34. The van der Waals surface area contributed by atoms with Crippen molar-refractivity contribution in [2.45, 2.75) is 44.2 Å². The van der Waals surface area contributed by atoms with E-state index in [4.69, 9.17) is 9.47 Å². The maximum atomic E-state index is 13.9. The molecule has 0 radical (unpaired) electrons. The molecule has 2 atom stereocenters. The minimum atomic E-state index is -1.99. The van der Waals surface area contributed by atoms with Gasteiger partial charge in [-0.05, 0) is 96.1 Å². The topological polar surface area (TPSA) is 173 Å². The summed E-state index contributed by atoms with van der Waals surface area (Å²) in [4.78, 5) is 45.9. The maximum absolute atomic E-state index is 13.9. The molecule has 1 amide bonds. The van der Waals surface area contributed by atoms with Crippen molar-refractivity contribution in [2.75, 3.05) is 33.4 Å². The molecule has 1 fully saturated rings. The first-order valence-corrected chi connectivity index (χ1v) is 22.5. The summed E-state index contributed by atoms with van der Waals surface area (Å²) in [5.74, 6) is -0.315. The minimum absolute atomic E-state index is 0.0778. The Bertz CT molecular complexity index is 2790. The highest BCUT2D eigenvalue weighted by atomic mass is 32.1. The first-order valence-electron chi connectivity index (χ1n) is 21.7. The molecule has 8 rings (SSSR count). The molecule has 0 spiro atoms. The van der Waals surface area contributed by atoms with E-state index in [1.54, 1.807) is 66.7 Å². The summed E-state index contributed by atoms with van der Waals surface area (Å²) in [5.41, 5.74) is 2.72. The molecular weight excluding hydrogens is 841 g/mol. The Morgan fingerprint density at radius 1 is 0.862 bits per heavy atom. The largest absolute Gasteiger partial charge is 0.506 e. The SMILES string of the molecule is COc1cc(C(=O)NCc2ccc(-c3ccc(C(O)(C(=O)OCC4CCN(Cc5ccccc5)CC4)c4ccccc4)cc3)s2)ccc1CNC[C@H](O)c1ccc(O)c2[nH]c(=O)ccc12. The number of amides is 1. The van der Waals surface area contributed by atoms with E-state index in [0.717, 1.165) is 53.4 Å². The summed E-state index contributed by atoms with van der Waals surface area (Å²) < 4.78 is 11.5. The molecule has 334 valence electrons. The van der Waals surface area contributed by atoms with Crippen LogP contribution in [0.3, 0.4) is 0 Å². The Morgan fingerprint density at radius 3 is 2.32 bits per heavy atom. The van der Waals surface area contributed by atoms with Gasteiger partial charge in [-0.3, -0.25) is 14.5 Å². The fraction of sp³-hybridized carbons (Fsp3) is 0.250. The van der Waals surface area contributed by atoms with E-state index >= 15 is 0 Å². The molecule has 2 aromatic heterocycles. The van der Waals surface area contributed by atoms with Crippen molar-refractivity contribution in [3.8, 4) is 21.9 Å². The number of phenols is 1. The van der Waals surface area contributed by atoms with Crippen molar-refractivity contribution in [2.24, 2.45) is 5.92 Å². The zero-order valence-corrected chi connectivity index (χ0v) is 36.9. The summed E-state index contributed by atoms with van der Waals surface area (Å²) >= 11 is 1.53. The van der Waals surface area contributed by atoms with Gasteiger partial charge in [0.2, 0.25) is 11.2 Å². The lowest BCUT2D eigenvalue weighted by atomic mass is 9.85. The Hall–Kier alpha value is -6.61. The third kappa shape index (κ3) is 10.5. The van der Waals surface area contributed by atoms with Gasteiger partial charge in [0.25, 0.3) is 5.91 Å². The fourth-order valence-corrected chi connectivity index (χ4v) is 9.29. The number of benzene rings is 5. The minimum Gasteiger partial charge on any atom is -0.506 e. The van der Waals surface area contributed by atoms with Crippen LogP contribution in [-0.2, 0) is 34.8 Å². The smallest absolute Gasteiger partial charge is 0.347 e. The van der Waals surface area contributed by atoms with E-state index in [1.807, 2.05) is 36.4 Å². The Kier molecular flexibility index (Phi) is 14.2. The number of carbonyl (C=O) groups is 2. The number of phenolic OH excluding ortho intramolecular Hbond substituents is 1. The highest BCUT2D eigenvalue weighted by Crippen LogP contribution is 2.35. The number of hydrogen-bond acceptors (Lipinski definition) is 11. The normalized spacial score (nSPS) is 14.7. The number of aromatic nitrogens is 1. The van der Waals surface area contributed by atoms with Gasteiger partial charge in [0.05, 0.1) is 31.9 Å². The summed E-state index contributed by atoms with van der Waals surface area (Å²) in [7, 11) is 1.53. The number of H-pyrrole nitrogens is 1. The van der Waals surface area contributed by atoms with Gasteiger partial charge in [0.15, 0.2) is 0 Å². The van der Waals surface area contributed by atoms with Crippen LogP contribution in [0.5, 0.6) is 11.5 Å². The van der Waals surface area contributed by atoms with Crippen molar-refractivity contribution < 1.29 is 34.4 Å². The molecule has 0 bridgehead atoms. The van der Waals surface area contributed by atoms with Crippen LogP contribution < -0.4 is 20.9 Å². The number of aliphatic hydroxyl groups is 2. The summed E-state index contributed by atoms with van der Waals surface area (Å²) in [6.07, 6.45) is 0.895. The van der Waals surface area contributed by atoms with Gasteiger partial charge in [-0.25, -0.2) is 4.79 Å². The van der Waals surface area contributed by atoms with Crippen LogP contribution in [0, 0.1) is 5.92 Å². The molecule has 12 nitrogen and oxygen atoms in total. The Labute approximate surface area is 381 Å². The molecule has 0 saturated carbocycles. The third-order valence-electron chi connectivity index (χ3n) is 12.0. The monoisotopic (exact) mass is 892 g/mol. The molecule has 0 aliphatic carbocycles. The van der Waals surface area contributed by atoms with E-state index in [-0.39, 0.29) is 41.8 Å². The quantitative estimate of drug-likeness (QED) is 0.0506. The Balaban J connectivity index is 0.849. The van der Waals surface area contributed by atoms with Crippen LogP contribution >= 0.6 is 11.3 Å². The molecule has 1 aliphatic rings. The molecule has 5 aromatic carbocycles. The van der Waals surface area contributed by atoms with Crippen molar-refractivity contribution in [3.05, 3.63) is 188 Å². The molecule has 7 aromatic rings. The molecule has 3 heterocycles. The maximum Gasteiger partial charge on any atom is 0.347 e. The lowest BCUT2D eigenvalue weighted by Gasteiger charge is -2.33. The summed E-state index contributed by atoms with van der Waals surface area (Å²) in [5, 5.41) is 40.1. The molecular formula is C52H52N4O8S. The van der Waals surface area contributed by atoms with Crippen LogP contribution in [0.15, 0.2) is 144 Å². The molecule has 1 unspecified atom stereocenters. The number of hydrogen-bond donors (Lipinski definition) is 6. The predicted molar refractivity (Wildman–Crippen MR) is 252 cm³/mol. The third-order valence-corrected chi connectivity index (χ3v) is 13.2. The van der Waals surface area contributed by atoms with Gasteiger partial charge < -0.3 is 40.4 Å².